The standard InChI is InChI=1S/C19H16BrN3O4/c1-12-2-5-14(6-3-12)26-18-9-4-13(10-21-18)23-17(24)11-22-19(25)15-7-8-16(20)27-15/h2-10H,11H2,1H3,(H,22,25)(H,23,24). The van der Waals surface area contributed by atoms with E-state index in [4.69, 9.17) is 9.15 Å². The lowest BCUT2D eigenvalue weighted by Crippen LogP contribution is -2.32. The van der Waals surface area contributed by atoms with Crippen molar-refractivity contribution in [3.63, 3.8) is 0 Å². The molecule has 1 aromatic carbocycles. The van der Waals surface area contributed by atoms with E-state index in [0.717, 1.165) is 5.56 Å². The summed E-state index contributed by atoms with van der Waals surface area (Å²) in [5, 5.41) is 5.11. The van der Waals surface area contributed by atoms with Gasteiger partial charge in [0.05, 0.1) is 18.4 Å². The van der Waals surface area contributed by atoms with Crippen molar-refractivity contribution in [3.05, 3.63) is 70.7 Å². The molecule has 0 aliphatic heterocycles. The molecule has 0 aliphatic rings. The van der Waals surface area contributed by atoms with E-state index in [1.165, 1.54) is 12.3 Å². The Kier molecular flexibility index (Phi) is 5.87. The summed E-state index contributed by atoms with van der Waals surface area (Å²) in [4.78, 5) is 27.9. The summed E-state index contributed by atoms with van der Waals surface area (Å²) in [6.07, 6.45) is 1.48. The van der Waals surface area contributed by atoms with Gasteiger partial charge in [0, 0.05) is 6.07 Å². The van der Waals surface area contributed by atoms with Gasteiger partial charge in [-0.1, -0.05) is 17.7 Å². The highest BCUT2D eigenvalue weighted by molar-refractivity contribution is 9.10. The number of hydrogen-bond donors (Lipinski definition) is 2. The zero-order valence-corrected chi connectivity index (χ0v) is 15.9. The third kappa shape index (κ3) is 5.42. The number of ether oxygens (including phenoxy) is 1. The number of anilines is 1. The first-order chi connectivity index (χ1) is 13.0. The van der Waals surface area contributed by atoms with E-state index in [2.05, 4.69) is 31.5 Å². The number of pyridine rings is 1. The van der Waals surface area contributed by atoms with Crippen molar-refractivity contribution in [3.8, 4) is 11.6 Å². The number of rotatable bonds is 6. The summed E-state index contributed by atoms with van der Waals surface area (Å²) in [6, 6.07) is 14.0. The highest BCUT2D eigenvalue weighted by Crippen LogP contribution is 2.20. The van der Waals surface area contributed by atoms with Gasteiger partial charge in [-0.25, -0.2) is 4.98 Å². The maximum Gasteiger partial charge on any atom is 0.287 e. The number of nitrogens with zero attached hydrogens (tertiary/aromatic N) is 1. The molecule has 8 heteroatoms. The molecular formula is C19H16BrN3O4. The van der Waals surface area contributed by atoms with Crippen LogP contribution < -0.4 is 15.4 Å². The van der Waals surface area contributed by atoms with Gasteiger partial charge in [-0.05, 0) is 53.2 Å². The summed E-state index contributed by atoms with van der Waals surface area (Å²) in [5.41, 5.74) is 1.63. The van der Waals surface area contributed by atoms with Gasteiger partial charge in [-0.2, -0.15) is 0 Å². The number of aromatic nitrogens is 1. The van der Waals surface area contributed by atoms with Gasteiger partial charge >= 0.3 is 0 Å². The molecule has 2 heterocycles. The monoisotopic (exact) mass is 429 g/mol. The summed E-state index contributed by atoms with van der Waals surface area (Å²) in [5.74, 6) is 0.346. The van der Waals surface area contributed by atoms with Crippen LogP contribution in [-0.4, -0.2) is 23.3 Å². The average molecular weight is 430 g/mol. The Morgan fingerprint density at radius 2 is 1.89 bits per heavy atom. The molecule has 27 heavy (non-hydrogen) atoms. The molecule has 2 amide bonds. The molecule has 0 aliphatic carbocycles. The first-order valence-corrected chi connectivity index (χ1v) is 8.83. The second-order valence-corrected chi connectivity index (χ2v) is 6.42. The van der Waals surface area contributed by atoms with E-state index in [1.54, 1.807) is 18.2 Å². The van der Waals surface area contributed by atoms with Crippen molar-refractivity contribution in [2.45, 2.75) is 6.92 Å². The Morgan fingerprint density at radius 1 is 1.11 bits per heavy atom. The van der Waals surface area contributed by atoms with E-state index < -0.39 is 5.91 Å². The minimum atomic E-state index is -0.476. The van der Waals surface area contributed by atoms with E-state index in [0.29, 0.717) is 22.0 Å². The van der Waals surface area contributed by atoms with E-state index in [9.17, 15) is 9.59 Å². The van der Waals surface area contributed by atoms with Crippen molar-refractivity contribution < 1.29 is 18.7 Å². The maximum atomic E-state index is 11.9. The Labute approximate surface area is 163 Å². The molecule has 0 radical (unpaired) electrons. The topological polar surface area (TPSA) is 93.5 Å². The Bertz CT molecular complexity index is 936. The normalized spacial score (nSPS) is 10.3. The summed E-state index contributed by atoms with van der Waals surface area (Å²) >= 11 is 3.11. The SMILES string of the molecule is Cc1ccc(Oc2ccc(NC(=O)CNC(=O)c3ccc(Br)o3)cn2)cc1. The van der Waals surface area contributed by atoms with Crippen LogP contribution in [0.3, 0.4) is 0 Å². The molecule has 0 unspecified atom stereocenters. The van der Waals surface area contributed by atoms with Crippen molar-refractivity contribution in [1.82, 2.24) is 10.3 Å². The van der Waals surface area contributed by atoms with Crippen LogP contribution >= 0.6 is 15.9 Å². The number of amides is 2. The predicted octanol–water partition coefficient (Wildman–Crippen LogP) is 3.91. The van der Waals surface area contributed by atoms with Crippen LogP contribution in [0.4, 0.5) is 5.69 Å². The molecule has 138 valence electrons. The average Bonchev–Trinajstić information content (AvgIpc) is 3.10. The van der Waals surface area contributed by atoms with E-state index in [-0.39, 0.29) is 18.2 Å². The number of hydrogen-bond acceptors (Lipinski definition) is 5. The lowest BCUT2D eigenvalue weighted by Gasteiger charge is -2.08. The van der Waals surface area contributed by atoms with Crippen LogP contribution in [0.15, 0.2) is 63.8 Å². The second kappa shape index (κ2) is 8.50. The minimum Gasteiger partial charge on any atom is -0.444 e. The predicted molar refractivity (Wildman–Crippen MR) is 103 cm³/mol. The minimum absolute atomic E-state index is 0.119. The Hall–Kier alpha value is -3.13. The van der Waals surface area contributed by atoms with Gasteiger partial charge < -0.3 is 19.8 Å². The molecule has 3 aromatic rings. The molecule has 7 nitrogen and oxygen atoms in total. The van der Waals surface area contributed by atoms with Gasteiger partial charge in [0.25, 0.3) is 5.91 Å². The largest absolute Gasteiger partial charge is 0.444 e. The molecule has 0 bridgehead atoms. The molecule has 2 aromatic heterocycles. The highest BCUT2D eigenvalue weighted by Gasteiger charge is 2.12. The van der Waals surface area contributed by atoms with Gasteiger partial charge in [-0.15, -0.1) is 0 Å². The molecule has 0 saturated heterocycles. The first kappa shape index (κ1) is 18.7. The summed E-state index contributed by atoms with van der Waals surface area (Å²) in [6.45, 7) is 1.80. The fraction of sp³-hybridized carbons (Fsp3) is 0.105. The van der Waals surface area contributed by atoms with Crippen LogP contribution in [0, 0.1) is 6.92 Å². The highest BCUT2D eigenvalue weighted by atomic mass is 79.9. The van der Waals surface area contributed by atoms with Crippen LogP contribution in [0.1, 0.15) is 16.1 Å². The molecule has 2 N–H and O–H groups in total. The van der Waals surface area contributed by atoms with Crippen molar-refractivity contribution in [2.75, 3.05) is 11.9 Å². The number of carbonyl (C=O) groups excluding carboxylic acids is 2. The number of carbonyl (C=O) groups is 2. The summed E-state index contributed by atoms with van der Waals surface area (Å²) < 4.78 is 11.2. The van der Waals surface area contributed by atoms with Crippen molar-refractivity contribution >= 4 is 33.4 Å². The fourth-order valence-corrected chi connectivity index (χ4v) is 2.44. The number of nitrogens with one attached hydrogen (secondary N) is 2. The quantitative estimate of drug-likeness (QED) is 0.619. The zero-order chi connectivity index (χ0) is 19.2. The molecule has 0 saturated carbocycles. The maximum absolute atomic E-state index is 11.9. The molecule has 3 rings (SSSR count). The Balaban J connectivity index is 1.49. The fourth-order valence-electron chi connectivity index (χ4n) is 2.13. The van der Waals surface area contributed by atoms with Gasteiger partial charge in [0.1, 0.15) is 5.75 Å². The second-order valence-electron chi connectivity index (χ2n) is 5.63. The molecule has 0 atom stereocenters. The first-order valence-electron chi connectivity index (χ1n) is 8.03. The van der Waals surface area contributed by atoms with Crippen LogP contribution in [-0.2, 0) is 4.79 Å². The smallest absolute Gasteiger partial charge is 0.287 e. The number of halogens is 1. The molecule has 0 fully saturated rings. The zero-order valence-electron chi connectivity index (χ0n) is 14.4. The number of aryl methyl sites for hydroxylation is 1. The Morgan fingerprint density at radius 3 is 2.52 bits per heavy atom. The number of benzene rings is 1. The molecular weight excluding hydrogens is 414 g/mol. The van der Waals surface area contributed by atoms with E-state index in [1.807, 2.05) is 31.2 Å². The lowest BCUT2D eigenvalue weighted by atomic mass is 10.2. The van der Waals surface area contributed by atoms with Gasteiger partial charge in [0.2, 0.25) is 11.8 Å². The third-order valence-electron chi connectivity index (χ3n) is 3.47. The van der Waals surface area contributed by atoms with Crippen LogP contribution in [0.5, 0.6) is 11.6 Å². The summed E-state index contributed by atoms with van der Waals surface area (Å²) in [7, 11) is 0. The lowest BCUT2D eigenvalue weighted by molar-refractivity contribution is -0.115. The van der Waals surface area contributed by atoms with Gasteiger partial charge in [-0.3, -0.25) is 9.59 Å². The van der Waals surface area contributed by atoms with Crippen LogP contribution in [0.25, 0.3) is 0 Å². The molecule has 0 spiro atoms. The van der Waals surface area contributed by atoms with Gasteiger partial charge in [0.15, 0.2) is 10.4 Å². The van der Waals surface area contributed by atoms with E-state index >= 15 is 0 Å². The third-order valence-corrected chi connectivity index (χ3v) is 3.90. The van der Waals surface area contributed by atoms with Crippen molar-refractivity contribution in [1.29, 1.82) is 0 Å². The van der Waals surface area contributed by atoms with Crippen LogP contribution in [0.2, 0.25) is 0 Å². The number of furan rings is 1. The van der Waals surface area contributed by atoms with Crippen molar-refractivity contribution in [2.24, 2.45) is 0 Å².